The number of nitrogens with zero attached hydrogens (tertiary/aromatic N) is 2. The van der Waals surface area contributed by atoms with Gasteiger partial charge >= 0.3 is 0 Å². The number of aromatic nitrogens is 2. The maximum atomic E-state index is 5.47. The summed E-state index contributed by atoms with van der Waals surface area (Å²) in [7, 11) is 1.60. The topological polar surface area (TPSA) is 56.3 Å². The second kappa shape index (κ2) is 7.84. The van der Waals surface area contributed by atoms with E-state index in [1.165, 1.54) is 0 Å². The van der Waals surface area contributed by atoms with Crippen molar-refractivity contribution < 1.29 is 9.47 Å². The van der Waals surface area contributed by atoms with Gasteiger partial charge < -0.3 is 14.8 Å². The van der Waals surface area contributed by atoms with Gasteiger partial charge in [0.1, 0.15) is 0 Å². The van der Waals surface area contributed by atoms with Crippen LogP contribution in [0.25, 0.3) is 0 Å². The summed E-state index contributed by atoms with van der Waals surface area (Å²) in [5.74, 6) is 1.87. The SMILES string of the molecule is COc1cnc(NCCCOCC(C)C)nc1. The van der Waals surface area contributed by atoms with Gasteiger partial charge in [0, 0.05) is 19.8 Å². The van der Waals surface area contributed by atoms with Gasteiger partial charge in [-0.25, -0.2) is 9.97 Å². The van der Waals surface area contributed by atoms with E-state index in [1.54, 1.807) is 19.5 Å². The van der Waals surface area contributed by atoms with Gasteiger partial charge in [0.15, 0.2) is 5.75 Å². The van der Waals surface area contributed by atoms with Crippen molar-refractivity contribution in [3.05, 3.63) is 12.4 Å². The summed E-state index contributed by atoms with van der Waals surface area (Å²) in [6, 6.07) is 0. The van der Waals surface area contributed by atoms with Crippen LogP contribution in [0.1, 0.15) is 20.3 Å². The summed E-state index contributed by atoms with van der Waals surface area (Å²) < 4.78 is 10.4. The summed E-state index contributed by atoms with van der Waals surface area (Å²) in [5, 5.41) is 3.13. The molecule has 0 aromatic carbocycles. The smallest absolute Gasteiger partial charge is 0.222 e. The van der Waals surface area contributed by atoms with Crippen LogP contribution in [-0.2, 0) is 4.74 Å². The molecule has 5 nitrogen and oxygen atoms in total. The van der Waals surface area contributed by atoms with E-state index in [-0.39, 0.29) is 0 Å². The van der Waals surface area contributed by atoms with Crippen LogP contribution in [0.15, 0.2) is 12.4 Å². The fourth-order valence-electron chi connectivity index (χ4n) is 1.21. The molecule has 0 atom stereocenters. The highest BCUT2D eigenvalue weighted by Crippen LogP contribution is 2.06. The highest BCUT2D eigenvalue weighted by molar-refractivity contribution is 5.26. The molecule has 96 valence electrons. The molecule has 0 spiro atoms. The van der Waals surface area contributed by atoms with Crippen LogP contribution in [0.4, 0.5) is 5.95 Å². The Labute approximate surface area is 103 Å². The van der Waals surface area contributed by atoms with E-state index >= 15 is 0 Å². The molecule has 1 N–H and O–H groups in total. The van der Waals surface area contributed by atoms with Gasteiger partial charge in [-0.15, -0.1) is 0 Å². The van der Waals surface area contributed by atoms with E-state index in [1.807, 2.05) is 0 Å². The molecule has 0 radical (unpaired) electrons. The van der Waals surface area contributed by atoms with Crippen molar-refractivity contribution in [1.82, 2.24) is 9.97 Å². The van der Waals surface area contributed by atoms with Gasteiger partial charge in [0.05, 0.1) is 19.5 Å². The Bertz CT molecular complexity index is 301. The third-order valence-corrected chi connectivity index (χ3v) is 2.06. The van der Waals surface area contributed by atoms with Gasteiger partial charge in [-0.2, -0.15) is 0 Å². The van der Waals surface area contributed by atoms with E-state index < -0.39 is 0 Å². The highest BCUT2D eigenvalue weighted by atomic mass is 16.5. The Morgan fingerprint density at radius 1 is 1.29 bits per heavy atom. The van der Waals surface area contributed by atoms with Gasteiger partial charge in [0.2, 0.25) is 5.95 Å². The first-order chi connectivity index (χ1) is 8.22. The monoisotopic (exact) mass is 239 g/mol. The van der Waals surface area contributed by atoms with Crippen LogP contribution in [0.2, 0.25) is 0 Å². The zero-order valence-electron chi connectivity index (χ0n) is 10.8. The minimum Gasteiger partial charge on any atom is -0.494 e. The molecule has 1 heterocycles. The zero-order valence-corrected chi connectivity index (χ0v) is 10.8. The molecule has 0 aliphatic rings. The van der Waals surface area contributed by atoms with Crippen LogP contribution in [-0.4, -0.2) is 36.8 Å². The molecule has 0 aliphatic heterocycles. The summed E-state index contributed by atoms with van der Waals surface area (Å²) in [6.07, 6.45) is 4.23. The van der Waals surface area contributed by atoms with Crippen LogP contribution >= 0.6 is 0 Å². The van der Waals surface area contributed by atoms with Crippen molar-refractivity contribution in [2.45, 2.75) is 20.3 Å². The quantitative estimate of drug-likeness (QED) is 0.703. The molecule has 0 unspecified atom stereocenters. The van der Waals surface area contributed by atoms with Crippen LogP contribution < -0.4 is 10.1 Å². The van der Waals surface area contributed by atoms with Gasteiger partial charge in [-0.05, 0) is 12.3 Å². The first kappa shape index (κ1) is 13.7. The first-order valence-electron chi connectivity index (χ1n) is 5.90. The molecule has 1 aromatic rings. The number of hydrogen-bond acceptors (Lipinski definition) is 5. The summed E-state index contributed by atoms with van der Waals surface area (Å²) in [5.41, 5.74) is 0. The Morgan fingerprint density at radius 3 is 2.59 bits per heavy atom. The fraction of sp³-hybridized carbons (Fsp3) is 0.667. The third kappa shape index (κ3) is 6.06. The van der Waals surface area contributed by atoms with Crippen molar-refractivity contribution in [3.8, 4) is 5.75 Å². The number of anilines is 1. The maximum absolute atomic E-state index is 5.47. The number of hydrogen-bond donors (Lipinski definition) is 1. The average Bonchev–Trinajstić information content (AvgIpc) is 2.34. The number of rotatable bonds is 8. The van der Waals surface area contributed by atoms with E-state index in [0.717, 1.165) is 26.2 Å². The van der Waals surface area contributed by atoms with Crippen LogP contribution in [0.3, 0.4) is 0 Å². The molecule has 17 heavy (non-hydrogen) atoms. The molecule has 0 aliphatic carbocycles. The number of methoxy groups -OCH3 is 1. The Hall–Kier alpha value is -1.36. The zero-order chi connectivity index (χ0) is 12.5. The summed E-state index contributed by atoms with van der Waals surface area (Å²) in [6.45, 7) is 6.68. The minimum absolute atomic E-state index is 0.591. The third-order valence-electron chi connectivity index (χ3n) is 2.06. The van der Waals surface area contributed by atoms with Gasteiger partial charge in [-0.1, -0.05) is 13.8 Å². The molecular weight excluding hydrogens is 218 g/mol. The minimum atomic E-state index is 0.591. The lowest BCUT2D eigenvalue weighted by Gasteiger charge is -2.07. The van der Waals surface area contributed by atoms with Crippen molar-refractivity contribution in [2.75, 3.05) is 32.2 Å². The van der Waals surface area contributed by atoms with Crippen molar-refractivity contribution in [1.29, 1.82) is 0 Å². The lowest BCUT2D eigenvalue weighted by Crippen LogP contribution is -2.10. The molecule has 0 amide bonds. The maximum Gasteiger partial charge on any atom is 0.222 e. The average molecular weight is 239 g/mol. The van der Waals surface area contributed by atoms with Crippen molar-refractivity contribution in [3.63, 3.8) is 0 Å². The molecule has 0 saturated heterocycles. The Morgan fingerprint density at radius 2 is 2.00 bits per heavy atom. The lowest BCUT2D eigenvalue weighted by atomic mass is 10.2. The lowest BCUT2D eigenvalue weighted by molar-refractivity contribution is 0.110. The molecule has 0 saturated carbocycles. The molecule has 0 fully saturated rings. The normalized spacial score (nSPS) is 10.6. The fourth-order valence-corrected chi connectivity index (χ4v) is 1.21. The van der Waals surface area contributed by atoms with Crippen molar-refractivity contribution in [2.24, 2.45) is 5.92 Å². The van der Waals surface area contributed by atoms with E-state index in [2.05, 4.69) is 29.1 Å². The second-order valence-electron chi connectivity index (χ2n) is 4.20. The first-order valence-corrected chi connectivity index (χ1v) is 5.90. The van der Waals surface area contributed by atoms with Crippen LogP contribution in [0.5, 0.6) is 5.75 Å². The molecule has 5 heteroatoms. The molecule has 0 bridgehead atoms. The van der Waals surface area contributed by atoms with Gasteiger partial charge in [-0.3, -0.25) is 0 Å². The van der Waals surface area contributed by atoms with Crippen molar-refractivity contribution >= 4 is 5.95 Å². The van der Waals surface area contributed by atoms with E-state index in [9.17, 15) is 0 Å². The predicted molar refractivity (Wildman–Crippen MR) is 67.3 cm³/mol. The standard InChI is InChI=1S/C12H21N3O2/c1-10(2)9-17-6-4-5-13-12-14-7-11(16-3)8-15-12/h7-8,10H,4-6,9H2,1-3H3,(H,13,14,15). The molecular formula is C12H21N3O2. The Balaban J connectivity index is 2.09. The van der Waals surface area contributed by atoms with Gasteiger partial charge in [0.25, 0.3) is 0 Å². The number of nitrogens with one attached hydrogen (secondary N) is 1. The Kier molecular flexibility index (Phi) is 6.32. The summed E-state index contributed by atoms with van der Waals surface area (Å²) >= 11 is 0. The molecule has 1 rings (SSSR count). The second-order valence-corrected chi connectivity index (χ2v) is 4.20. The van der Waals surface area contributed by atoms with E-state index in [4.69, 9.17) is 9.47 Å². The summed E-state index contributed by atoms with van der Waals surface area (Å²) in [4.78, 5) is 8.22. The highest BCUT2D eigenvalue weighted by Gasteiger charge is 1.97. The molecule has 1 aromatic heterocycles. The van der Waals surface area contributed by atoms with Crippen LogP contribution in [0, 0.1) is 5.92 Å². The number of ether oxygens (including phenoxy) is 2. The largest absolute Gasteiger partial charge is 0.494 e. The predicted octanol–water partition coefficient (Wildman–Crippen LogP) is 1.96. The van der Waals surface area contributed by atoms with E-state index in [0.29, 0.717) is 17.6 Å².